The number of rotatable bonds is 7. The molecule has 112 valence electrons. The van der Waals surface area contributed by atoms with E-state index in [1.165, 1.54) is 6.07 Å². The summed E-state index contributed by atoms with van der Waals surface area (Å²) in [4.78, 5) is 11.6. The predicted octanol–water partition coefficient (Wildman–Crippen LogP) is 2.53. The Hall–Kier alpha value is -1.62. The standard InChI is InChI=1S/C15H23FN2O2/c1-4-5-10(2)18-15(19)9-20-12-6-7-13(11(3)17)14(16)8-12/h6-8,10-11H,4-5,9,17H2,1-3H3,(H,18,19)/t10?,11-/m1/s1. The fourth-order valence-electron chi connectivity index (χ4n) is 1.94. The quantitative estimate of drug-likeness (QED) is 0.807. The molecule has 20 heavy (non-hydrogen) atoms. The molecule has 0 saturated heterocycles. The number of ether oxygens (including phenoxy) is 1. The van der Waals surface area contributed by atoms with Gasteiger partial charge in [-0.05, 0) is 26.3 Å². The zero-order valence-corrected chi connectivity index (χ0v) is 12.3. The van der Waals surface area contributed by atoms with Crippen LogP contribution in [0.5, 0.6) is 5.75 Å². The lowest BCUT2D eigenvalue weighted by molar-refractivity contribution is -0.123. The van der Waals surface area contributed by atoms with E-state index in [4.69, 9.17) is 10.5 Å². The van der Waals surface area contributed by atoms with Crippen molar-refractivity contribution in [2.75, 3.05) is 6.61 Å². The highest BCUT2D eigenvalue weighted by Gasteiger charge is 2.10. The highest BCUT2D eigenvalue weighted by Crippen LogP contribution is 2.20. The van der Waals surface area contributed by atoms with Gasteiger partial charge in [0.05, 0.1) is 0 Å². The largest absolute Gasteiger partial charge is 0.484 e. The van der Waals surface area contributed by atoms with Crippen LogP contribution in [0.25, 0.3) is 0 Å². The average molecular weight is 282 g/mol. The first-order chi connectivity index (χ1) is 9.43. The SMILES string of the molecule is CCCC(C)NC(=O)COc1ccc([C@@H](C)N)c(F)c1. The smallest absolute Gasteiger partial charge is 0.258 e. The van der Waals surface area contributed by atoms with E-state index in [-0.39, 0.29) is 24.6 Å². The third kappa shape index (κ3) is 5.17. The van der Waals surface area contributed by atoms with E-state index in [1.807, 2.05) is 6.92 Å². The van der Waals surface area contributed by atoms with Crippen LogP contribution in [-0.4, -0.2) is 18.6 Å². The maximum atomic E-state index is 13.7. The van der Waals surface area contributed by atoms with Crippen molar-refractivity contribution in [2.24, 2.45) is 5.73 Å². The van der Waals surface area contributed by atoms with Crippen molar-refractivity contribution in [3.05, 3.63) is 29.6 Å². The van der Waals surface area contributed by atoms with Gasteiger partial charge in [0, 0.05) is 23.7 Å². The molecule has 1 aromatic carbocycles. The van der Waals surface area contributed by atoms with Gasteiger partial charge < -0.3 is 15.8 Å². The van der Waals surface area contributed by atoms with Crippen molar-refractivity contribution in [1.82, 2.24) is 5.32 Å². The summed E-state index contributed by atoms with van der Waals surface area (Å²) in [5, 5.41) is 2.82. The van der Waals surface area contributed by atoms with E-state index >= 15 is 0 Å². The van der Waals surface area contributed by atoms with E-state index in [0.717, 1.165) is 12.8 Å². The predicted molar refractivity (Wildman–Crippen MR) is 77.0 cm³/mol. The molecule has 0 fully saturated rings. The molecule has 0 spiro atoms. The summed E-state index contributed by atoms with van der Waals surface area (Å²) in [6, 6.07) is 4.19. The number of carbonyl (C=O) groups is 1. The van der Waals surface area contributed by atoms with Gasteiger partial charge in [0.15, 0.2) is 6.61 Å². The monoisotopic (exact) mass is 282 g/mol. The van der Waals surface area contributed by atoms with Crippen LogP contribution in [0.15, 0.2) is 18.2 Å². The van der Waals surface area contributed by atoms with Crippen LogP contribution in [0.4, 0.5) is 4.39 Å². The first-order valence-electron chi connectivity index (χ1n) is 6.91. The van der Waals surface area contributed by atoms with E-state index < -0.39 is 5.82 Å². The van der Waals surface area contributed by atoms with Crippen molar-refractivity contribution >= 4 is 5.91 Å². The Labute approximate surface area is 119 Å². The highest BCUT2D eigenvalue weighted by atomic mass is 19.1. The molecule has 2 atom stereocenters. The maximum Gasteiger partial charge on any atom is 0.258 e. The van der Waals surface area contributed by atoms with Gasteiger partial charge >= 0.3 is 0 Å². The molecule has 0 aliphatic heterocycles. The molecule has 4 nitrogen and oxygen atoms in total. The number of hydrogen-bond acceptors (Lipinski definition) is 3. The number of hydrogen-bond donors (Lipinski definition) is 2. The zero-order chi connectivity index (χ0) is 15.1. The van der Waals surface area contributed by atoms with Gasteiger partial charge in [-0.25, -0.2) is 4.39 Å². The Morgan fingerprint density at radius 3 is 2.70 bits per heavy atom. The maximum absolute atomic E-state index is 13.7. The first kappa shape index (κ1) is 16.4. The van der Waals surface area contributed by atoms with Crippen molar-refractivity contribution in [1.29, 1.82) is 0 Å². The molecule has 3 N–H and O–H groups in total. The van der Waals surface area contributed by atoms with Crippen LogP contribution in [-0.2, 0) is 4.79 Å². The lowest BCUT2D eigenvalue weighted by atomic mass is 10.1. The molecule has 1 unspecified atom stereocenters. The Morgan fingerprint density at radius 1 is 1.45 bits per heavy atom. The highest BCUT2D eigenvalue weighted by molar-refractivity contribution is 5.77. The number of benzene rings is 1. The first-order valence-corrected chi connectivity index (χ1v) is 6.91. The average Bonchev–Trinajstić information content (AvgIpc) is 2.36. The van der Waals surface area contributed by atoms with E-state index in [1.54, 1.807) is 19.1 Å². The molecule has 1 aromatic rings. The summed E-state index contributed by atoms with van der Waals surface area (Å²) >= 11 is 0. The van der Waals surface area contributed by atoms with Gasteiger partial charge in [-0.3, -0.25) is 4.79 Å². The van der Waals surface area contributed by atoms with Crippen LogP contribution >= 0.6 is 0 Å². The van der Waals surface area contributed by atoms with Gasteiger partial charge in [-0.1, -0.05) is 19.4 Å². The lowest BCUT2D eigenvalue weighted by Gasteiger charge is -2.14. The number of amides is 1. The fourth-order valence-corrected chi connectivity index (χ4v) is 1.94. The summed E-state index contributed by atoms with van der Waals surface area (Å²) in [7, 11) is 0. The van der Waals surface area contributed by atoms with Crippen LogP contribution in [0.1, 0.15) is 45.2 Å². The Bertz CT molecular complexity index is 449. The third-order valence-corrected chi connectivity index (χ3v) is 2.96. The third-order valence-electron chi connectivity index (χ3n) is 2.96. The minimum absolute atomic E-state index is 0.119. The minimum atomic E-state index is -0.419. The van der Waals surface area contributed by atoms with Crippen molar-refractivity contribution in [3.8, 4) is 5.75 Å². The van der Waals surface area contributed by atoms with E-state index in [0.29, 0.717) is 11.3 Å². The van der Waals surface area contributed by atoms with Gasteiger partial charge in [-0.2, -0.15) is 0 Å². The van der Waals surface area contributed by atoms with Crippen LogP contribution in [0.2, 0.25) is 0 Å². The topological polar surface area (TPSA) is 64.3 Å². The van der Waals surface area contributed by atoms with E-state index in [2.05, 4.69) is 12.2 Å². The second-order valence-corrected chi connectivity index (χ2v) is 5.02. The summed E-state index contributed by atoms with van der Waals surface area (Å²) in [5.74, 6) is -0.301. The molecule has 0 aliphatic rings. The van der Waals surface area contributed by atoms with Gasteiger partial charge in [0.1, 0.15) is 11.6 Å². The van der Waals surface area contributed by atoms with E-state index in [9.17, 15) is 9.18 Å². The number of nitrogens with two attached hydrogens (primary N) is 1. The summed E-state index contributed by atoms with van der Waals surface area (Å²) in [6.07, 6.45) is 1.93. The molecule has 0 radical (unpaired) electrons. The molecule has 5 heteroatoms. The molecule has 0 heterocycles. The second kappa shape index (κ2) is 7.85. The molecule has 0 saturated carbocycles. The minimum Gasteiger partial charge on any atom is -0.484 e. The normalized spacial score (nSPS) is 13.7. The lowest BCUT2D eigenvalue weighted by Crippen LogP contribution is -2.35. The van der Waals surface area contributed by atoms with Crippen molar-refractivity contribution in [3.63, 3.8) is 0 Å². The second-order valence-electron chi connectivity index (χ2n) is 5.02. The Kier molecular flexibility index (Phi) is 6.45. The van der Waals surface area contributed by atoms with Crippen LogP contribution in [0, 0.1) is 5.82 Å². The van der Waals surface area contributed by atoms with Gasteiger partial charge in [0.25, 0.3) is 5.91 Å². The molecular weight excluding hydrogens is 259 g/mol. The molecule has 0 aromatic heterocycles. The van der Waals surface area contributed by atoms with Crippen LogP contribution in [0.3, 0.4) is 0 Å². The molecule has 1 amide bonds. The van der Waals surface area contributed by atoms with Crippen molar-refractivity contribution < 1.29 is 13.9 Å². The molecule has 1 rings (SSSR count). The van der Waals surface area contributed by atoms with Gasteiger partial charge in [0.2, 0.25) is 0 Å². The Balaban J connectivity index is 2.49. The van der Waals surface area contributed by atoms with Gasteiger partial charge in [-0.15, -0.1) is 0 Å². The number of nitrogens with one attached hydrogen (secondary N) is 1. The summed E-state index contributed by atoms with van der Waals surface area (Å²) < 4.78 is 18.9. The van der Waals surface area contributed by atoms with Crippen molar-refractivity contribution in [2.45, 2.75) is 45.7 Å². The van der Waals surface area contributed by atoms with Crippen LogP contribution < -0.4 is 15.8 Å². The Morgan fingerprint density at radius 2 is 2.15 bits per heavy atom. The molecular formula is C15H23FN2O2. The summed E-state index contributed by atoms with van der Waals surface area (Å²) in [5.41, 5.74) is 6.05. The fraction of sp³-hybridized carbons (Fsp3) is 0.533. The number of halogens is 1. The summed E-state index contributed by atoms with van der Waals surface area (Å²) in [6.45, 7) is 5.59. The molecule has 0 aliphatic carbocycles. The molecule has 0 bridgehead atoms. The number of carbonyl (C=O) groups excluding carboxylic acids is 1. The zero-order valence-electron chi connectivity index (χ0n) is 12.3.